The van der Waals surface area contributed by atoms with Gasteiger partial charge in [0.2, 0.25) is 0 Å². The van der Waals surface area contributed by atoms with Crippen molar-refractivity contribution in [3.05, 3.63) is 69.3 Å². The lowest BCUT2D eigenvalue weighted by Crippen LogP contribution is -2.00. The Hall–Kier alpha value is -3.56. The zero-order valence-corrected chi connectivity index (χ0v) is 29.0. The maximum atomic E-state index is 5.85. The van der Waals surface area contributed by atoms with Crippen molar-refractivity contribution in [2.75, 3.05) is 26.2 Å². The highest BCUT2D eigenvalue weighted by Crippen LogP contribution is 2.30. The Bertz CT molecular complexity index is 1580. The molecule has 0 unspecified atom stereocenters. The quantitative estimate of drug-likeness (QED) is 0.0483. The van der Waals surface area contributed by atoms with Gasteiger partial charge in [0.05, 0.1) is 22.8 Å². The third kappa shape index (κ3) is 9.32. The van der Waals surface area contributed by atoms with Gasteiger partial charge in [0, 0.05) is 38.8 Å². The molecule has 2 aliphatic heterocycles. The lowest BCUT2D eigenvalue weighted by Gasteiger charge is -2.06. The molecular weight excluding hydrogens is 592 g/mol. The first-order valence-corrected chi connectivity index (χ1v) is 18.6. The number of nitrogens with two attached hydrogens (primary N) is 4. The van der Waals surface area contributed by atoms with Crippen molar-refractivity contribution in [3.8, 4) is 0 Å². The molecule has 0 saturated carbocycles. The summed E-state index contributed by atoms with van der Waals surface area (Å²) >= 11 is 0. The maximum Gasteiger partial charge on any atom is 0.0691 e. The van der Waals surface area contributed by atoms with Crippen LogP contribution < -0.4 is 22.9 Å². The summed E-state index contributed by atoms with van der Waals surface area (Å²) in [6, 6.07) is 9.02. The zero-order chi connectivity index (χ0) is 33.6. The van der Waals surface area contributed by atoms with Gasteiger partial charge in [-0.25, -0.2) is 9.97 Å². The lowest BCUT2D eigenvalue weighted by atomic mass is 10.0. The van der Waals surface area contributed by atoms with Gasteiger partial charge in [-0.05, 0) is 157 Å². The predicted octanol–water partition coefficient (Wildman–Crippen LogP) is 7.34. The molecule has 10 N–H and O–H groups in total. The van der Waals surface area contributed by atoms with Crippen LogP contribution in [0, 0.1) is 0 Å². The molecule has 0 saturated heterocycles. The van der Waals surface area contributed by atoms with Gasteiger partial charge in [0.1, 0.15) is 0 Å². The lowest BCUT2D eigenvalue weighted by molar-refractivity contribution is 0.683. The molecular formula is C40H58N8. The van der Waals surface area contributed by atoms with E-state index >= 15 is 0 Å². The number of hydrogen-bond acceptors (Lipinski definition) is 6. The van der Waals surface area contributed by atoms with Crippen LogP contribution in [0.5, 0.6) is 0 Å². The van der Waals surface area contributed by atoms with Crippen LogP contribution in [0.15, 0.2) is 24.3 Å². The fraction of sp³-hybridized carbons (Fsp3) is 0.500. The number of nitrogens with one attached hydrogen (secondary N) is 2. The molecule has 0 spiro atoms. The number of aromatic nitrogens is 4. The van der Waals surface area contributed by atoms with Crippen LogP contribution >= 0.6 is 0 Å². The van der Waals surface area contributed by atoms with E-state index in [1.165, 1.54) is 22.3 Å². The molecule has 5 heterocycles. The molecule has 0 fully saturated rings. The van der Waals surface area contributed by atoms with Crippen LogP contribution in [0.25, 0.3) is 46.4 Å². The average Bonchev–Trinajstić information content (AvgIpc) is 3.93. The van der Waals surface area contributed by atoms with Crippen molar-refractivity contribution in [3.63, 3.8) is 0 Å². The summed E-state index contributed by atoms with van der Waals surface area (Å²) in [5, 5.41) is 0. The highest BCUT2D eigenvalue weighted by molar-refractivity contribution is 5.83. The third-order valence-electron chi connectivity index (χ3n) is 9.71. The van der Waals surface area contributed by atoms with Gasteiger partial charge in [-0.1, -0.05) is 25.7 Å². The molecule has 2 aliphatic rings. The van der Waals surface area contributed by atoms with Crippen molar-refractivity contribution in [1.29, 1.82) is 0 Å². The number of H-pyrrole nitrogens is 2. The van der Waals surface area contributed by atoms with E-state index in [-0.39, 0.29) is 0 Å². The molecule has 0 radical (unpaired) electrons. The highest BCUT2D eigenvalue weighted by atomic mass is 14.8. The van der Waals surface area contributed by atoms with Gasteiger partial charge >= 0.3 is 0 Å². The Kier molecular flexibility index (Phi) is 14.0. The molecule has 3 aromatic heterocycles. The molecule has 5 rings (SSSR count). The predicted molar refractivity (Wildman–Crippen MR) is 205 cm³/mol. The van der Waals surface area contributed by atoms with Crippen molar-refractivity contribution in [1.82, 2.24) is 19.9 Å². The fourth-order valence-electron chi connectivity index (χ4n) is 6.99. The molecule has 0 aliphatic carbocycles. The molecule has 0 atom stereocenters. The number of hydrogen-bond donors (Lipinski definition) is 6. The summed E-state index contributed by atoms with van der Waals surface area (Å²) in [6.45, 7) is 2.91. The largest absolute Gasteiger partial charge is 0.355 e. The van der Waals surface area contributed by atoms with Gasteiger partial charge in [-0.15, -0.1) is 0 Å². The Morgan fingerprint density at radius 2 is 0.646 bits per heavy atom. The number of rotatable bonds is 20. The monoisotopic (exact) mass is 650 g/mol. The van der Waals surface area contributed by atoms with E-state index in [4.69, 9.17) is 32.9 Å². The minimum atomic E-state index is 0.723. The van der Waals surface area contributed by atoms with E-state index in [0.29, 0.717) is 0 Å². The van der Waals surface area contributed by atoms with Crippen molar-refractivity contribution >= 4 is 46.4 Å². The van der Waals surface area contributed by atoms with Crippen LogP contribution in [0.1, 0.15) is 122 Å². The van der Waals surface area contributed by atoms with Gasteiger partial charge in [-0.2, -0.15) is 0 Å². The van der Waals surface area contributed by atoms with Crippen LogP contribution in [-0.2, 0) is 25.7 Å². The summed E-state index contributed by atoms with van der Waals surface area (Å²) in [6.07, 6.45) is 25.5. The van der Waals surface area contributed by atoms with E-state index in [0.717, 1.165) is 174 Å². The number of nitrogens with zero attached hydrogens (tertiary/aromatic N) is 2. The Morgan fingerprint density at radius 1 is 0.354 bits per heavy atom. The standard InChI is InChI=1S/C40H58N8/c41-25-9-1-5-13-29-33-17-19-35(45-33)30(14-6-2-10-26-42)37-21-23-39(47-37)32(16-8-4-12-28-44)40-24-22-38(48-40)31(15-7-3-11-27-43)36-20-18-34(29)46-36/h17-24,45-46H,1-16,25-28,41-44H2. The minimum Gasteiger partial charge on any atom is -0.355 e. The molecule has 48 heavy (non-hydrogen) atoms. The summed E-state index contributed by atoms with van der Waals surface area (Å²) in [5.41, 5.74) is 37.2. The highest BCUT2D eigenvalue weighted by Gasteiger charge is 2.17. The first-order valence-electron chi connectivity index (χ1n) is 18.6. The zero-order valence-electron chi connectivity index (χ0n) is 29.0. The summed E-state index contributed by atoms with van der Waals surface area (Å²) in [7, 11) is 0. The topological polar surface area (TPSA) is 161 Å². The second kappa shape index (κ2) is 18.8. The normalized spacial score (nSPS) is 12.4. The minimum absolute atomic E-state index is 0.723. The van der Waals surface area contributed by atoms with E-state index in [1.54, 1.807) is 0 Å². The number of fused-ring (bicyclic) bond motifs is 8. The van der Waals surface area contributed by atoms with Gasteiger partial charge in [0.25, 0.3) is 0 Å². The molecule has 8 heteroatoms. The molecule has 8 nitrogen and oxygen atoms in total. The molecule has 8 bridgehead atoms. The first-order chi connectivity index (χ1) is 23.7. The molecule has 0 aromatic carbocycles. The third-order valence-corrected chi connectivity index (χ3v) is 9.71. The van der Waals surface area contributed by atoms with E-state index in [9.17, 15) is 0 Å². The van der Waals surface area contributed by atoms with Crippen molar-refractivity contribution in [2.24, 2.45) is 22.9 Å². The summed E-state index contributed by atoms with van der Waals surface area (Å²) in [4.78, 5) is 18.4. The van der Waals surface area contributed by atoms with Crippen molar-refractivity contribution in [2.45, 2.75) is 103 Å². The van der Waals surface area contributed by atoms with Crippen molar-refractivity contribution < 1.29 is 0 Å². The maximum absolute atomic E-state index is 5.85. The van der Waals surface area contributed by atoms with E-state index in [1.807, 2.05) is 0 Å². The van der Waals surface area contributed by atoms with Crippen LogP contribution in [-0.4, -0.2) is 46.1 Å². The Labute approximate surface area is 286 Å². The molecule has 0 amide bonds. The first kappa shape index (κ1) is 35.7. The number of unbranched alkanes of at least 4 members (excludes halogenated alkanes) is 8. The Balaban J connectivity index is 1.75. The summed E-state index contributed by atoms with van der Waals surface area (Å²) < 4.78 is 0. The van der Waals surface area contributed by atoms with Gasteiger partial charge in [-0.3, -0.25) is 0 Å². The molecule has 258 valence electrons. The van der Waals surface area contributed by atoms with Gasteiger partial charge < -0.3 is 32.9 Å². The number of aryl methyl sites for hydroxylation is 3. The summed E-state index contributed by atoms with van der Waals surface area (Å²) in [5.74, 6) is 0. The van der Waals surface area contributed by atoms with Gasteiger partial charge in [0.15, 0.2) is 0 Å². The van der Waals surface area contributed by atoms with Crippen LogP contribution in [0.3, 0.4) is 0 Å². The average molecular weight is 651 g/mol. The second-order valence-electron chi connectivity index (χ2n) is 13.3. The Morgan fingerprint density at radius 3 is 1.00 bits per heavy atom. The van der Waals surface area contributed by atoms with E-state index < -0.39 is 0 Å². The molecule has 3 aromatic rings. The fourth-order valence-corrected chi connectivity index (χ4v) is 6.99. The number of aromatic amines is 2. The smallest absolute Gasteiger partial charge is 0.0691 e. The second-order valence-corrected chi connectivity index (χ2v) is 13.3. The van der Waals surface area contributed by atoms with Crippen LogP contribution in [0.2, 0.25) is 0 Å². The van der Waals surface area contributed by atoms with Crippen LogP contribution in [0.4, 0.5) is 0 Å². The van der Waals surface area contributed by atoms with E-state index in [2.05, 4.69) is 58.5 Å². The SMILES string of the molecule is NCCCCCc1c2nc(c(CCCCCN)c3ccc([nH]3)c(CCCCCN)c3ccc([nH]3)c(CCCCCN)c3nc1C=C3)C=C2.